The van der Waals surface area contributed by atoms with E-state index in [9.17, 15) is 0 Å². The van der Waals surface area contributed by atoms with E-state index in [0.29, 0.717) is 0 Å². The smallest absolute Gasteiger partial charge is 0.0774 e. The van der Waals surface area contributed by atoms with E-state index in [1.165, 1.54) is 31.5 Å². The highest BCUT2D eigenvalue weighted by molar-refractivity contribution is 5.19. The van der Waals surface area contributed by atoms with Gasteiger partial charge in [0.2, 0.25) is 0 Å². The molecule has 1 aromatic rings. The van der Waals surface area contributed by atoms with E-state index in [1.54, 1.807) is 4.90 Å². The van der Waals surface area contributed by atoms with Crippen molar-refractivity contribution in [3.05, 3.63) is 35.9 Å². The fourth-order valence-electron chi connectivity index (χ4n) is 2.17. The Labute approximate surface area is 104 Å². The average Bonchev–Trinajstić information content (AvgIpc) is 2.20. The Balaban J connectivity index is 0.000000980. The average molecular weight is 303 g/mol. The summed E-state index contributed by atoms with van der Waals surface area (Å²) in [6.07, 6.45) is 2.71. The molecule has 0 amide bonds. The van der Waals surface area contributed by atoms with E-state index in [2.05, 4.69) is 37.4 Å². The fourth-order valence-corrected chi connectivity index (χ4v) is 2.17. The summed E-state index contributed by atoms with van der Waals surface area (Å²) in [6.45, 7) is 2.67. The molecule has 1 heterocycles. The van der Waals surface area contributed by atoms with Gasteiger partial charge in [0.25, 0.3) is 0 Å². The number of benzene rings is 1. The molecule has 1 saturated heterocycles. The quantitative estimate of drug-likeness (QED) is 0.577. The lowest BCUT2D eigenvalue weighted by Gasteiger charge is -2.26. The van der Waals surface area contributed by atoms with Crippen LogP contribution < -0.4 is 28.9 Å². The molecule has 1 aliphatic heterocycles. The molecule has 2 rings (SSSR count). The summed E-state index contributed by atoms with van der Waals surface area (Å²) in [5, 5.41) is 0. The van der Waals surface area contributed by atoms with Gasteiger partial charge in [-0.3, -0.25) is 0 Å². The zero-order chi connectivity index (χ0) is 9.10. The van der Waals surface area contributed by atoms with Crippen LogP contribution in [0.2, 0.25) is 0 Å². The van der Waals surface area contributed by atoms with Gasteiger partial charge in [-0.1, -0.05) is 30.3 Å². The molecule has 0 bridgehead atoms. The third-order valence-corrected chi connectivity index (χ3v) is 3.11. The first-order valence-electron chi connectivity index (χ1n) is 5.22. The molecule has 0 saturated carbocycles. The molecular weight excluding hydrogens is 285 g/mol. The van der Waals surface area contributed by atoms with Crippen LogP contribution in [0.3, 0.4) is 0 Å². The predicted molar refractivity (Wildman–Crippen MR) is 55.0 cm³/mol. The summed E-state index contributed by atoms with van der Waals surface area (Å²) in [5.41, 5.74) is 1.54. The topological polar surface area (TPSA) is 4.44 Å². The zero-order valence-corrected chi connectivity index (χ0v) is 10.8. The maximum Gasteiger partial charge on any atom is 0.0774 e. The Bertz CT molecular complexity index is 252. The van der Waals surface area contributed by atoms with Crippen molar-refractivity contribution in [3.63, 3.8) is 0 Å². The van der Waals surface area contributed by atoms with E-state index < -0.39 is 0 Å². The SMILES string of the molecule is C[NH+]1CCC(c2ccccc2)CC1.[I-]. The summed E-state index contributed by atoms with van der Waals surface area (Å²) in [4.78, 5) is 1.69. The summed E-state index contributed by atoms with van der Waals surface area (Å²) in [5.74, 6) is 0.824. The molecule has 0 aromatic heterocycles. The molecule has 2 heteroatoms. The lowest BCUT2D eigenvalue weighted by atomic mass is 9.90. The van der Waals surface area contributed by atoms with Crippen molar-refractivity contribution >= 4 is 0 Å². The first-order chi connectivity index (χ1) is 6.36. The molecule has 1 aromatic carbocycles. The molecule has 0 unspecified atom stereocenters. The molecule has 14 heavy (non-hydrogen) atoms. The first-order valence-corrected chi connectivity index (χ1v) is 5.22. The number of hydrogen-bond donors (Lipinski definition) is 1. The summed E-state index contributed by atoms with van der Waals surface area (Å²) >= 11 is 0. The van der Waals surface area contributed by atoms with Gasteiger partial charge < -0.3 is 28.9 Å². The standard InChI is InChI=1S/C12H17N.HI/c1-13-9-7-12(8-10-13)11-5-3-2-4-6-11;/h2-6,12H,7-10H2,1H3;1H. The molecule has 1 fully saturated rings. The highest BCUT2D eigenvalue weighted by Crippen LogP contribution is 2.22. The van der Waals surface area contributed by atoms with Crippen molar-refractivity contribution in [3.8, 4) is 0 Å². The Morgan fingerprint density at radius 2 is 1.64 bits per heavy atom. The number of hydrogen-bond acceptors (Lipinski definition) is 0. The van der Waals surface area contributed by atoms with Crippen LogP contribution in [-0.2, 0) is 0 Å². The predicted octanol–water partition coefficient (Wildman–Crippen LogP) is -1.92. The molecule has 1 nitrogen and oxygen atoms in total. The van der Waals surface area contributed by atoms with Crippen LogP contribution in [0.5, 0.6) is 0 Å². The van der Waals surface area contributed by atoms with Crippen LogP contribution in [0.1, 0.15) is 24.3 Å². The lowest BCUT2D eigenvalue weighted by Crippen LogP contribution is -3.10. The van der Waals surface area contributed by atoms with Gasteiger partial charge in [-0.2, -0.15) is 0 Å². The van der Waals surface area contributed by atoms with Crippen molar-refractivity contribution in [2.24, 2.45) is 0 Å². The molecule has 78 valence electrons. The Morgan fingerprint density at radius 3 is 2.21 bits per heavy atom. The maximum absolute atomic E-state index is 2.29. The monoisotopic (exact) mass is 303 g/mol. The third-order valence-electron chi connectivity index (χ3n) is 3.11. The summed E-state index contributed by atoms with van der Waals surface area (Å²) in [6, 6.07) is 10.9. The Morgan fingerprint density at radius 1 is 1.07 bits per heavy atom. The minimum absolute atomic E-state index is 0. The van der Waals surface area contributed by atoms with Gasteiger partial charge in [-0.05, 0) is 11.5 Å². The van der Waals surface area contributed by atoms with Crippen molar-refractivity contribution in [1.29, 1.82) is 0 Å². The van der Waals surface area contributed by atoms with Crippen LogP contribution in [-0.4, -0.2) is 20.1 Å². The van der Waals surface area contributed by atoms with Gasteiger partial charge in [-0.25, -0.2) is 0 Å². The summed E-state index contributed by atoms with van der Waals surface area (Å²) in [7, 11) is 2.29. The first kappa shape index (κ1) is 12.0. The van der Waals surface area contributed by atoms with Gasteiger partial charge in [-0.15, -0.1) is 0 Å². The van der Waals surface area contributed by atoms with Crippen molar-refractivity contribution in [2.75, 3.05) is 20.1 Å². The number of quaternary nitrogens is 1. The maximum atomic E-state index is 2.29. The molecule has 1 aliphatic rings. The minimum atomic E-state index is 0. The van der Waals surface area contributed by atoms with E-state index in [-0.39, 0.29) is 24.0 Å². The molecule has 0 aliphatic carbocycles. The highest BCUT2D eigenvalue weighted by Gasteiger charge is 2.20. The van der Waals surface area contributed by atoms with Crippen LogP contribution in [0.15, 0.2) is 30.3 Å². The van der Waals surface area contributed by atoms with Crippen molar-refractivity contribution in [2.45, 2.75) is 18.8 Å². The highest BCUT2D eigenvalue weighted by atomic mass is 127. The number of halogens is 1. The van der Waals surface area contributed by atoms with Gasteiger partial charge in [0.15, 0.2) is 0 Å². The molecule has 0 atom stereocenters. The lowest BCUT2D eigenvalue weighted by molar-refractivity contribution is -0.885. The third kappa shape index (κ3) is 2.95. The van der Waals surface area contributed by atoms with E-state index in [1.807, 2.05) is 0 Å². The number of piperidine rings is 1. The largest absolute Gasteiger partial charge is 1.00 e. The Hall–Kier alpha value is -0.0900. The minimum Gasteiger partial charge on any atom is -1.00 e. The normalized spacial score (nSPS) is 26.6. The van der Waals surface area contributed by atoms with Crippen LogP contribution in [0.4, 0.5) is 0 Å². The van der Waals surface area contributed by atoms with Gasteiger partial charge in [0.05, 0.1) is 20.1 Å². The van der Waals surface area contributed by atoms with E-state index >= 15 is 0 Å². The van der Waals surface area contributed by atoms with Crippen molar-refractivity contribution < 1.29 is 28.9 Å². The second-order valence-electron chi connectivity index (χ2n) is 4.14. The second kappa shape index (κ2) is 5.71. The fraction of sp³-hybridized carbons (Fsp3) is 0.500. The van der Waals surface area contributed by atoms with Crippen LogP contribution >= 0.6 is 0 Å². The number of rotatable bonds is 1. The molecule has 0 spiro atoms. The van der Waals surface area contributed by atoms with Crippen LogP contribution in [0, 0.1) is 0 Å². The van der Waals surface area contributed by atoms with Crippen LogP contribution in [0.25, 0.3) is 0 Å². The molecule has 1 N–H and O–H groups in total. The second-order valence-corrected chi connectivity index (χ2v) is 4.14. The van der Waals surface area contributed by atoms with E-state index in [0.717, 1.165) is 5.92 Å². The number of nitrogens with one attached hydrogen (secondary N) is 1. The van der Waals surface area contributed by atoms with Gasteiger partial charge >= 0.3 is 0 Å². The van der Waals surface area contributed by atoms with E-state index in [4.69, 9.17) is 0 Å². The number of likely N-dealkylation sites (tertiary alicyclic amines) is 1. The molecular formula is C12H18IN. The van der Waals surface area contributed by atoms with Gasteiger partial charge in [0, 0.05) is 12.8 Å². The summed E-state index contributed by atoms with van der Waals surface area (Å²) < 4.78 is 0. The zero-order valence-electron chi connectivity index (χ0n) is 8.67. The Kier molecular flexibility index (Phi) is 4.89. The van der Waals surface area contributed by atoms with Crippen molar-refractivity contribution in [1.82, 2.24) is 0 Å². The van der Waals surface area contributed by atoms with Gasteiger partial charge in [0.1, 0.15) is 0 Å². The molecule has 0 radical (unpaired) electrons.